The second kappa shape index (κ2) is 3.93. The SMILES string of the molecule is O=C1NCCCc2cc3c(cc21)CCCC3. The number of nitrogens with one attached hydrogen (secondary N) is 1. The minimum absolute atomic E-state index is 0.126. The Labute approximate surface area is 96.1 Å². The molecule has 0 radical (unpaired) electrons. The summed E-state index contributed by atoms with van der Waals surface area (Å²) in [6.45, 7) is 0.818. The van der Waals surface area contributed by atoms with Gasteiger partial charge in [-0.25, -0.2) is 0 Å². The van der Waals surface area contributed by atoms with Crippen molar-refractivity contribution in [3.63, 3.8) is 0 Å². The molecular formula is C14H17NO. The lowest BCUT2D eigenvalue weighted by atomic mass is 9.87. The van der Waals surface area contributed by atoms with Crippen LogP contribution < -0.4 is 5.32 Å². The summed E-state index contributed by atoms with van der Waals surface area (Å²) in [7, 11) is 0. The molecule has 1 aliphatic carbocycles. The van der Waals surface area contributed by atoms with E-state index in [1.165, 1.54) is 36.0 Å². The van der Waals surface area contributed by atoms with Crippen molar-refractivity contribution >= 4 is 5.91 Å². The van der Waals surface area contributed by atoms with E-state index in [1.54, 1.807) is 0 Å². The van der Waals surface area contributed by atoms with Crippen molar-refractivity contribution in [1.29, 1.82) is 0 Å². The average Bonchev–Trinajstić information content (AvgIpc) is 2.49. The summed E-state index contributed by atoms with van der Waals surface area (Å²) in [5.41, 5.74) is 5.08. The number of carbonyl (C=O) groups is 1. The number of rotatable bonds is 0. The summed E-state index contributed by atoms with van der Waals surface area (Å²) in [5.74, 6) is 0.126. The Morgan fingerprint density at radius 3 is 2.38 bits per heavy atom. The van der Waals surface area contributed by atoms with Crippen molar-refractivity contribution in [3.8, 4) is 0 Å². The number of hydrogen-bond acceptors (Lipinski definition) is 1. The summed E-state index contributed by atoms with van der Waals surface area (Å²) in [6, 6.07) is 4.43. The van der Waals surface area contributed by atoms with Crippen molar-refractivity contribution < 1.29 is 4.79 Å². The van der Waals surface area contributed by atoms with Crippen LogP contribution in [0, 0.1) is 0 Å². The first kappa shape index (κ1) is 9.88. The standard InChI is InChI=1S/C14H17NO/c16-14-13-9-11-5-2-1-4-10(11)8-12(13)6-3-7-15-14/h8-9H,1-7H2,(H,15,16). The van der Waals surface area contributed by atoms with E-state index in [4.69, 9.17) is 0 Å². The molecule has 2 aliphatic rings. The van der Waals surface area contributed by atoms with E-state index < -0.39 is 0 Å². The van der Waals surface area contributed by atoms with Gasteiger partial charge in [-0.15, -0.1) is 0 Å². The second-order valence-corrected chi connectivity index (χ2v) is 4.84. The maximum atomic E-state index is 11.9. The van der Waals surface area contributed by atoms with Gasteiger partial charge in [-0.05, 0) is 61.3 Å². The highest BCUT2D eigenvalue weighted by Crippen LogP contribution is 2.26. The molecule has 1 aromatic rings. The number of fused-ring (bicyclic) bond motifs is 2. The zero-order valence-corrected chi connectivity index (χ0v) is 9.51. The number of amides is 1. The highest BCUT2D eigenvalue weighted by molar-refractivity contribution is 5.96. The predicted octanol–water partition coefficient (Wildman–Crippen LogP) is 2.24. The molecule has 0 atom stereocenters. The molecule has 1 heterocycles. The minimum Gasteiger partial charge on any atom is -0.352 e. The molecule has 1 aliphatic heterocycles. The minimum atomic E-state index is 0.126. The third-order valence-electron chi connectivity index (χ3n) is 3.72. The largest absolute Gasteiger partial charge is 0.352 e. The zero-order valence-electron chi connectivity index (χ0n) is 9.51. The molecule has 2 heteroatoms. The van der Waals surface area contributed by atoms with Crippen LogP contribution in [-0.4, -0.2) is 12.5 Å². The molecule has 1 N–H and O–H groups in total. The monoisotopic (exact) mass is 215 g/mol. The van der Waals surface area contributed by atoms with Crippen molar-refractivity contribution in [2.24, 2.45) is 0 Å². The Balaban J connectivity index is 2.10. The Morgan fingerprint density at radius 2 is 1.56 bits per heavy atom. The molecule has 1 amide bonds. The lowest BCUT2D eigenvalue weighted by molar-refractivity contribution is 0.0956. The Hall–Kier alpha value is -1.31. The van der Waals surface area contributed by atoms with E-state index in [-0.39, 0.29) is 5.91 Å². The molecule has 0 fully saturated rings. The Kier molecular flexibility index (Phi) is 2.43. The summed E-state index contributed by atoms with van der Waals surface area (Å²) >= 11 is 0. The fourth-order valence-electron chi connectivity index (χ4n) is 2.83. The van der Waals surface area contributed by atoms with Crippen LogP contribution in [0.15, 0.2) is 12.1 Å². The second-order valence-electron chi connectivity index (χ2n) is 4.84. The van der Waals surface area contributed by atoms with Gasteiger partial charge < -0.3 is 5.32 Å². The van der Waals surface area contributed by atoms with E-state index in [1.807, 2.05) is 0 Å². The smallest absolute Gasteiger partial charge is 0.251 e. The van der Waals surface area contributed by atoms with E-state index in [0.29, 0.717) is 0 Å². The van der Waals surface area contributed by atoms with Crippen LogP contribution in [-0.2, 0) is 19.3 Å². The molecule has 0 saturated heterocycles. The van der Waals surface area contributed by atoms with Gasteiger partial charge in [0.15, 0.2) is 0 Å². The van der Waals surface area contributed by atoms with E-state index in [2.05, 4.69) is 17.4 Å². The molecule has 16 heavy (non-hydrogen) atoms. The van der Waals surface area contributed by atoms with Gasteiger partial charge in [-0.3, -0.25) is 4.79 Å². The average molecular weight is 215 g/mol. The number of aryl methyl sites for hydroxylation is 3. The number of hydrogen-bond donors (Lipinski definition) is 1. The molecular weight excluding hydrogens is 198 g/mol. The van der Waals surface area contributed by atoms with E-state index in [9.17, 15) is 4.79 Å². The van der Waals surface area contributed by atoms with Crippen LogP contribution >= 0.6 is 0 Å². The summed E-state index contributed by atoms with van der Waals surface area (Å²) < 4.78 is 0. The molecule has 84 valence electrons. The summed E-state index contributed by atoms with van der Waals surface area (Å²) in [5, 5.41) is 2.97. The maximum absolute atomic E-state index is 11.9. The van der Waals surface area contributed by atoms with Crippen molar-refractivity contribution in [3.05, 3.63) is 34.4 Å². The van der Waals surface area contributed by atoms with Gasteiger partial charge >= 0.3 is 0 Å². The van der Waals surface area contributed by atoms with Crippen LogP contribution in [0.25, 0.3) is 0 Å². The fourth-order valence-corrected chi connectivity index (χ4v) is 2.83. The van der Waals surface area contributed by atoms with E-state index in [0.717, 1.165) is 31.4 Å². The van der Waals surface area contributed by atoms with Crippen molar-refractivity contribution in [2.45, 2.75) is 38.5 Å². The Bertz CT molecular complexity index is 437. The van der Waals surface area contributed by atoms with E-state index >= 15 is 0 Å². The number of carbonyl (C=O) groups excluding carboxylic acids is 1. The normalized spacial score (nSPS) is 19.4. The third kappa shape index (κ3) is 1.62. The highest BCUT2D eigenvalue weighted by atomic mass is 16.1. The van der Waals surface area contributed by atoms with Gasteiger partial charge in [0.1, 0.15) is 0 Å². The lowest BCUT2D eigenvalue weighted by Gasteiger charge is -2.18. The van der Waals surface area contributed by atoms with Crippen LogP contribution in [0.2, 0.25) is 0 Å². The zero-order chi connectivity index (χ0) is 11.0. The Morgan fingerprint density at radius 1 is 0.875 bits per heavy atom. The quantitative estimate of drug-likeness (QED) is 0.706. The van der Waals surface area contributed by atoms with Gasteiger partial charge in [0.2, 0.25) is 0 Å². The first-order valence-corrected chi connectivity index (χ1v) is 6.27. The van der Waals surface area contributed by atoms with Gasteiger partial charge in [-0.1, -0.05) is 6.07 Å². The molecule has 0 aromatic heterocycles. The van der Waals surface area contributed by atoms with Gasteiger partial charge in [0, 0.05) is 12.1 Å². The van der Waals surface area contributed by atoms with Crippen LogP contribution in [0.5, 0.6) is 0 Å². The summed E-state index contributed by atoms with van der Waals surface area (Å²) in [4.78, 5) is 11.9. The first-order chi connectivity index (χ1) is 7.84. The first-order valence-electron chi connectivity index (χ1n) is 6.27. The summed E-state index contributed by atoms with van der Waals surface area (Å²) in [6.07, 6.45) is 7.03. The molecule has 2 nitrogen and oxygen atoms in total. The topological polar surface area (TPSA) is 29.1 Å². The molecule has 0 saturated carbocycles. The molecule has 0 bridgehead atoms. The maximum Gasteiger partial charge on any atom is 0.251 e. The van der Waals surface area contributed by atoms with Gasteiger partial charge in [0.05, 0.1) is 0 Å². The number of benzene rings is 1. The van der Waals surface area contributed by atoms with Gasteiger partial charge in [-0.2, -0.15) is 0 Å². The lowest BCUT2D eigenvalue weighted by Crippen LogP contribution is -2.23. The van der Waals surface area contributed by atoms with Crippen LogP contribution in [0.1, 0.15) is 46.3 Å². The highest BCUT2D eigenvalue weighted by Gasteiger charge is 2.19. The van der Waals surface area contributed by atoms with Crippen molar-refractivity contribution in [2.75, 3.05) is 6.54 Å². The molecule has 3 rings (SSSR count). The third-order valence-corrected chi connectivity index (χ3v) is 3.72. The molecule has 0 spiro atoms. The van der Waals surface area contributed by atoms with Crippen LogP contribution in [0.3, 0.4) is 0 Å². The fraction of sp³-hybridized carbons (Fsp3) is 0.500. The van der Waals surface area contributed by atoms with Gasteiger partial charge in [0.25, 0.3) is 5.91 Å². The van der Waals surface area contributed by atoms with Crippen LogP contribution in [0.4, 0.5) is 0 Å². The molecule has 1 aromatic carbocycles. The molecule has 0 unspecified atom stereocenters. The predicted molar refractivity (Wildman–Crippen MR) is 63.7 cm³/mol. The van der Waals surface area contributed by atoms with Crippen molar-refractivity contribution in [1.82, 2.24) is 5.32 Å².